The highest BCUT2D eigenvalue weighted by Gasteiger charge is 2.65. The van der Waals surface area contributed by atoms with Crippen molar-refractivity contribution >= 4 is 5.97 Å². The molecule has 0 bridgehead atoms. The van der Waals surface area contributed by atoms with E-state index in [0.717, 1.165) is 0 Å². The molecule has 1 N–H and O–H groups in total. The van der Waals surface area contributed by atoms with Crippen LogP contribution in [0.3, 0.4) is 0 Å². The first-order valence-electron chi connectivity index (χ1n) is 4.25. The van der Waals surface area contributed by atoms with Gasteiger partial charge in [-0.05, 0) is 5.41 Å². The standard InChI is InChI=1S/C9H16O4/c1-9(2)5(7(10)11)6(9)8(12-3)13-4/h5-6,8H,1-4H3,(H,10,11)/t5-,6-/m1/s1. The van der Waals surface area contributed by atoms with Crippen LogP contribution in [-0.2, 0) is 14.3 Å². The molecular weight excluding hydrogens is 172 g/mol. The maximum atomic E-state index is 10.8. The topological polar surface area (TPSA) is 55.8 Å². The van der Waals surface area contributed by atoms with Gasteiger partial charge < -0.3 is 14.6 Å². The highest BCUT2D eigenvalue weighted by Crippen LogP contribution is 2.60. The monoisotopic (exact) mass is 188 g/mol. The zero-order valence-corrected chi connectivity index (χ0v) is 8.40. The summed E-state index contributed by atoms with van der Waals surface area (Å²) < 4.78 is 10.1. The Balaban J connectivity index is 2.69. The van der Waals surface area contributed by atoms with Crippen LogP contribution in [0, 0.1) is 17.3 Å². The fourth-order valence-electron chi connectivity index (χ4n) is 2.05. The molecule has 0 amide bonds. The molecule has 1 aliphatic carbocycles. The number of carboxylic acid groups (broad SMARTS) is 1. The van der Waals surface area contributed by atoms with Crippen molar-refractivity contribution in [3.63, 3.8) is 0 Å². The maximum Gasteiger partial charge on any atom is 0.307 e. The SMILES string of the molecule is COC(OC)[C@H]1[C@H](C(=O)O)C1(C)C. The molecule has 0 aromatic carbocycles. The molecule has 0 radical (unpaired) electrons. The van der Waals surface area contributed by atoms with Crippen LogP contribution < -0.4 is 0 Å². The van der Waals surface area contributed by atoms with Gasteiger partial charge in [0.15, 0.2) is 6.29 Å². The van der Waals surface area contributed by atoms with Crippen molar-refractivity contribution in [1.29, 1.82) is 0 Å². The summed E-state index contributed by atoms with van der Waals surface area (Å²) in [7, 11) is 3.06. The van der Waals surface area contributed by atoms with Crippen molar-refractivity contribution in [2.24, 2.45) is 17.3 Å². The number of carboxylic acids is 1. The van der Waals surface area contributed by atoms with Crippen molar-refractivity contribution in [3.05, 3.63) is 0 Å². The molecule has 4 heteroatoms. The maximum absolute atomic E-state index is 10.8. The van der Waals surface area contributed by atoms with Gasteiger partial charge in [-0.15, -0.1) is 0 Å². The lowest BCUT2D eigenvalue weighted by Crippen LogP contribution is -2.19. The molecule has 0 saturated heterocycles. The molecule has 0 spiro atoms. The Morgan fingerprint density at radius 3 is 2.08 bits per heavy atom. The molecule has 76 valence electrons. The Morgan fingerprint density at radius 1 is 1.38 bits per heavy atom. The Bertz CT molecular complexity index is 208. The van der Waals surface area contributed by atoms with Crippen molar-refractivity contribution in [3.8, 4) is 0 Å². The molecule has 4 nitrogen and oxygen atoms in total. The van der Waals surface area contributed by atoms with Crippen LogP contribution in [0.5, 0.6) is 0 Å². The minimum Gasteiger partial charge on any atom is -0.481 e. The Morgan fingerprint density at radius 2 is 1.85 bits per heavy atom. The lowest BCUT2D eigenvalue weighted by atomic mass is 10.1. The summed E-state index contributed by atoms with van der Waals surface area (Å²) >= 11 is 0. The summed E-state index contributed by atoms with van der Waals surface area (Å²) in [5.74, 6) is -1.16. The van der Waals surface area contributed by atoms with Crippen LogP contribution in [-0.4, -0.2) is 31.6 Å². The van der Waals surface area contributed by atoms with Gasteiger partial charge in [0.2, 0.25) is 0 Å². The molecule has 0 aliphatic heterocycles. The molecule has 0 aromatic rings. The second-order valence-corrected chi connectivity index (χ2v) is 4.00. The van der Waals surface area contributed by atoms with E-state index in [-0.39, 0.29) is 17.3 Å². The average molecular weight is 188 g/mol. The normalized spacial score (nSPS) is 30.5. The van der Waals surface area contributed by atoms with Crippen LogP contribution in [0.1, 0.15) is 13.8 Å². The third-order valence-electron chi connectivity index (χ3n) is 2.93. The van der Waals surface area contributed by atoms with E-state index in [4.69, 9.17) is 14.6 Å². The van der Waals surface area contributed by atoms with Gasteiger partial charge in [-0.1, -0.05) is 13.8 Å². The number of carbonyl (C=O) groups is 1. The van der Waals surface area contributed by atoms with Gasteiger partial charge >= 0.3 is 5.97 Å². The predicted octanol–water partition coefficient (Wildman–Crippen LogP) is 0.962. The van der Waals surface area contributed by atoms with Crippen LogP contribution in [0.2, 0.25) is 0 Å². The van der Waals surface area contributed by atoms with Gasteiger partial charge in [0.1, 0.15) is 0 Å². The Hall–Kier alpha value is -0.610. The summed E-state index contributed by atoms with van der Waals surface area (Å²) in [6, 6.07) is 0. The Kier molecular flexibility index (Phi) is 2.63. The zero-order valence-electron chi connectivity index (χ0n) is 8.40. The van der Waals surface area contributed by atoms with Crippen molar-refractivity contribution < 1.29 is 19.4 Å². The number of hydrogen-bond donors (Lipinski definition) is 1. The van der Waals surface area contributed by atoms with E-state index in [1.165, 1.54) is 14.2 Å². The van der Waals surface area contributed by atoms with Crippen molar-refractivity contribution in [2.75, 3.05) is 14.2 Å². The van der Waals surface area contributed by atoms with Crippen molar-refractivity contribution in [1.82, 2.24) is 0 Å². The second-order valence-electron chi connectivity index (χ2n) is 4.00. The lowest BCUT2D eigenvalue weighted by molar-refractivity contribution is -0.144. The molecule has 2 atom stereocenters. The van der Waals surface area contributed by atoms with Crippen LogP contribution in [0.15, 0.2) is 0 Å². The first-order valence-corrected chi connectivity index (χ1v) is 4.25. The molecule has 0 unspecified atom stereocenters. The van der Waals surface area contributed by atoms with Gasteiger partial charge in [0.25, 0.3) is 0 Å². The highest BCUT2D eigenvalue weighted by molar-refractivity contribution is 5.75. The van der Waals surface area contributed by atoms with E-state index in [2.05, 4.69) is 0 Å². The fraction of sp³-hybridized carbons (Fsp3) is 0.889. The van der Waals surface area contributed by atoms with Crippen LogP contribution in [0.4, 0.5) is 0 Å². The van der Waals surface area contributed by atoms with E-state index in [1.54, 1.807) is 0 Å². The number of methoxy groups -OCH3 is 2. The second kappa shape index (κ2) is 3.27. The molecule has 1 saturated carbocycles. The Labute approximate surface area is 77.8 Å². The highest BCUT2D eigenvalue weighted by atomic mass is 16.7. The average Bonchev–Trinajstić information content (AvgIpc) is 2.57. The number of ether oxygens (including phenoxy) is 2. The van der Waals surface area contributed by atoms with E-state index in [9.17, 15) is 4.79 Å². The fourth-order valence-corrected chi connectivity index (χ4v) is 2.05. The van der Waals surface area contributed by atoms with Crippen LogP contribution in [0.25, 0.3) is 0 Å². The largest absolute Gasteiger partial charge is 0.481 e. The van der Waals surface area contributed by atoms with E-state index in [0.29, 0.717) is 0 Å². The van der Waals surface area contributed by atoms with Gasteiger partial charge in [-0.3, -0.25) is 4.79 Å². The molecule has 1 aliphatic rings. The molecule has 0 aromatic heterocycles. The van der Waals surface area contributed by atoms with Crippen LogP contribution >= 0.6 is 0 Å². The lowest BCUT2D eigenvalue weighted by Gasteiger charge is -2.14. The molecular formula is C9H16O4. The predicted molar refractivity (Wildman–Crippen MR) is 46.2 cm³/mol. The first-order chi connectivity index (χ1) is 5.96. The van der Waals surface area contributed by atoms with Gasteiger partial charge in [0.05, 0.1) is 5.92 Å². The van der Waals surface area contributed by atoms with Gasteiger partial charge in [0, 0.05) is 20.1 Å². The summed E-state index contributed by atoms with van der Waals surface area (Å²) in [5.41, 5.74) is -0.220. The number of hydrogen-bond acceptors (Lipinski definition) is 3. The van der Waals surface area contributed by atoms with Gasteiger partial charge in [-0.25, -0.2) is 0 Å². The molecule has 0 heterocycles. The molecule has 1 rings (SSSR count). The van der Waals surface area contributed by atoms with Gasteiger partial charge in [-0.2, -0.15) is 0 Å². The van der Waals surface area contributed by atoms with Crippen molar-refractivity contribution in [2.45, 2.75) is 20.1 Å². The summed E-state index contributed by atoms with van der Waals surface area (Å²) in [6.07, 6.45) is -0.406. The van der Waals surface area contributed by atoms with E-state index in [1.807, 2.05) is 13.8 Å². The van der Waals surface area contributed by atoms with E-state index >= 15 is 0 Å². The molecule has 13 heavy (non-hydrogen) atoms. The zero-order chi connectivity index (χ0) is 10.2. The van der Waals surface area contributed by atoms with E-state index < -0.39 is 12.3 Å². The molecule has 1 fully saturated rings. The number of rotatable bonds is 4. The number of aliphatic carboxylic acids is 1. The smallest absolute Gasteiger partial charge is 0.307 e. The quantitative estimate of drug-likeness (QED) is 0.668. The third kappa shape index (κ3) is 1.56. The summed E-state index contributed by atoms with van der Waals surface area (Å²) in [4.78, 5) is 10.8. The summed E-state index contributed by atoms with van der Waals surface area (Å²) in [6.45, 7) is 3.84. The minimum atomic E-state index is -0.769. The summed E-state index contributed by atoms with van der Waals surface area (Å²) in [5, 5.41) is 8.89. The third-order valence-corrected chi connectivity index (χ3v) is 2.93. The minimum absolute atomic E-state index is 0.0417. The first kappa shape index (κ1) is 10.5.